The lowest BCUT2D eigenvalue weighted by atomic mass is 9.98. The molecule has 0 atom stereocenters. The Labute approximate surface area is 92.5 Å². The number of carbonyl (C=O) groups is 2. The molecule has 86 valence electrons. The second-order valence-electron chi connectivity index (χ2n) is 3.69. The van der Waals surface area contributed by atoms with E-state index in [1.807, 2.05) is 24.3 Å². The topological polar surface area (TPSA) is 101 Å². The van der Waals surface area contributed by atoms with Crippen molar-refractivity contribution in [3.8, 4) is 0 Å². The normalized spacial score (nSPS) is 15.6. The number of carboxylic acids is 1. The molecule has 0 fully saturated rings. The van der Waals surface area contributed by atoms with Gasteiger partial charge in [-0.25, -0.2) is 0 Å². The van der Waals surface area contributed by atoms with Crippen molar-refractivity contribution in [2.24, 2.45) is 5.73 Å². The van der Waals surface area contributed by atoms with Crippen LogP contribution in [0.4, 0.5) is 0 Å². The average molecular weight is 223 g/mol. The third-order valence-corrected chi connectivity index (χ3v) is 2.56. The molecule has 0 saturated carbocycles. The Morgan fingerprint density at radius 1 is 1.31 bits per heavy atom. The number of hydrogen-bond acceptors (Lipinski definition) is 3. The second-order valence-corrected chi connectivity index (χ2v) is 3.69. The van der Waals surface area contributed by atoms with Crippen LogP contribution in [0.15, 0.2) is 24.3 Å². The lowest BCUT2D eigenvalue weighted by molar-refractivity contribution is -0.143. The molecule has 0 radical (unpaired) electrons. The van der Waals surface area contributed by atoms with Gasteiger partial charge in [0.25, 0.3) is 6.47 Å². The predicted molar refractivity (Wildman–Crippen MR) is 57.1 cm³/mol. The van der Waals surface area contributed by atoms with Gasteiger partial charge in [-0.15, -0.1) is 0 Å². The molecule has 0 bridgehead atoms. The molecule has 0 spiro atoms. The first-order valence-corrected chi connectivity index (χ1v) is 4.70. The van der Waals surface area contributed by atoms with Gasteiger partial charge in [0.2, 0.25) is 0 Å². The molecule has 5 heteroatoms. The summed E-state index contributed by atoms with van der Waals surface area (Å²) in [6.07, 6.45) is 0.886. The van der Waals surface area contributed by atoms with Crippen molar-refractivity contribution in [2.75, 3.05) is 0 Å². The van der Waals surface area contributed by atoms with E-state index in [-0.39, 0.29) is 6.47 Å². The zero-order chi connectivity index (χ0) is 12.2. The fraction of sp³-hybridized carbons (Fsp3) is 0.273. The van der Waals surface area contributed by atoms with E-state index in [0.29, 0.717) is 12.8 Å². The van der Waals surface area contributed by atoms with Crippen LogP contribution in [0.25, 0.3) is 0 Å². The third-order valence-electron chi connectivity index (χ3n) is 2.56. The molecule has 0 aliphatic heterocycles. The van der Waals surface area contributed by atoms with Crippen LogP contribution >= 0.6 is 0 Å². The van der Waals surface area contributed by atoms with Crippen molar-refractivity contribution in [2.45, 2.75) is 18.4 Å². The van der Waals surface area contributed by atoms with E-state index in [0.717, 1.165) is 11.1 Å². The molecule has 0 saturated heterocycles. The summed E-state index contributed by atoms with van der Waals surface area (Å²) in [6, 6.07) is 7.69. The fourth-order valence-electron chi connectivity index (χ4n) is 1.80. The van der Waals surface area contributed by atoms with Crippen molar-refractivity contribution in [1.29, 1.82) is 0 Å². The maximum atomic E-state index is 10.9. The zero-order valence-electron chi connectivity index (χ0n) is 8.59. The Balaban J connectivity index is 0.000000386. The Morgan fingerprint density at radius 3 is 2.00 bits per heavy atom. The van der Waals surface area contributed by atoms with Crippen LogP contribution in [0.3, 0.4) is 0 Å². The van der Waals surface area contributed by atoms with Crippen molar-refractivity contribution >= 4 is 12.4 Å². The van der Waals surface area contributed by atoms with Crippen LogP contribution < -0.4 is 5.73 Å². The lowest BCUT2D eigenvalue weighted by Crippen LogP contribution is -2.48. The van der Waals surface area contributed by atoms with Crippen LogP contribution in [0.2, 0.25) is 0 Å². The van der Waals surface area contributed by atoms with Crippen LogP contribution in [0.1, 0.15) is 11.1 Å². The van der Waals surface area contributed by atoms with E-state index in [1.54, 1.807) is 0 Å². The summed E-state index contributed by atoms with van der Waals surface area (Å²) in [5.41, 5.74) is 6.80. The van der Waals surface area contributed by atoms with Gasteiger partial charge < -0.3 is 15.9 Å². The highest BCUT2D eigenvalue weighted by atomic mass is 16.4. The van der Waals surface area contributed by atoms with Gasteiger partial charge in [-0.3, -0.25) is 9.59 Å². The average Bonchev–Trinajstić information content (AvgIpc) is 2.56. The molecule has 4 N–H and O–H groups in total. The monoisotopic (exact) mass is 223 g/mol. The molecule has 1 aromatic carbocycles. The Morgan fingerprint density at radius 2 is 1.69 bits per heavy atom. The number of hydrogen-bond donors (Lipinski definition) is 3. The number of carboxylic acid groups (broad SMARTS) is 2. The molecule has 1 aliphatic carbocycles. The van der Waals surface area contributed by atoms with Crippen LogP contribution in [0, 0.1) is 0 Å². The van der Waals surface area contributed by atoms with Gasteiger partial charge in [0.05, 0.1) is 0 Å². The lowest BCUT2D eigenvalue weighted by Gasteiger charge is -2.16. The van der Waals surface area contributed by atoms with E-state index >= 15 is 0 Å². The Bertz CT molecular complexity index is 378. The standard InChI is InChI=1S/C10H11NO2.CH2O2/c11-10(9(12)13)5-7-3-1-2-4-8(7)6-10;2-1-3/h1-4H,5-6,11H2,(H,12,13);1H,(H,2,3). The summed E-state index contributed by atoms with van der Waals surface area (Å²) < 4.78 is 0. The first-order valence-electron chi connectivity index (χ1n) is 4.70. The fourth-order valence-corrected chi connectivity index (χ4v) is 1.80. The molecule has 5 nitrogen and oxygen atoms in total. The van der Waals surface area contributed by atoms with Gasteiger partial charge >= 0.3 is 5.97 Å². The van der Waals surface area contributed by atoms with E-state index in [4.69, 9.17) is 20.7 Å². The van der Waals surface area contributed by atoms with Crippen molar-refractivity contribution < 1.29 is 19.8 Å². The summed E-state index contributed by atoms with van der Waals surface area (Å²) in [5, 5.41) is 15.8. The quantitative estimate of drug-likeness (QED) is 0.593. The first kappa shape index (κ1) is 12.2. The van der Waals surface area contributed by atoms with Gasteiger partial charge in [-0.2, -0.15) is 0 Å². The summed E-state index contributed by atoms with van der Waals surface area (Å²) >= 11 is 0. The third kappa shape index (κ3) is 2.38. The van der Waals surface area contributed by atoms with Crippen molar-refractivity contribution in [3.63, 3.8) is 0 Å². The van der Waals surface area contributed by atoms with Crippen molar-refractivity contribution in [3.05, 3.63) is 35.4 Å². The molecular weight excluding hydrogens is 210 g/mol. The largest absolute Gasteiger partial charge is 0.483 e. The molecule has 2 rings (SSSR count). The van der Waals surface area contributed by atoms with Gasteiger partial charge in [0.1, 0.15) is 5.54 Å². The highest BCUT2D eigenvalue weighted by molar-refractivity contribution is 5.80. The molecule has 0 aromatic heterocycles. The number of fused-ring (bicyclic) bond motifs is 1. The van der Waals surface area contributed by atoms with Gasteiger partial charge in [0, 0.05) is 12.8 Å². The molecule has 0 amide bonds. The van der Waals surface area contributed by atoms with Crippen LogP contribution in [-0.4, -0.2) is 28.2 Å². The Hall–Kier alpha value is -1.88. The smallest absolute Gasteiger partial charge is 0.324 e. The summed E-state index contributed by atoms with van der Waals surface area (Å²) in [4.78, 5) is 19.2. The minimum absolute atomic E-state index is 0.250. The van der Waals surface area contributed by atoms with Crippen LogP contribution in [-0.2, 0) is 22.4 Å². The number of rotatable bonds is 1. The SMILES string of the molecule is NC1(C(=O)O)Cc2ccccc2C1.O=CO. The van der Waals surface area contributed by atoms with Gasteiger partial charge in [0.15, 0.2) is 0 Å². The van der Waals surface area contributed by atoms with E-state index < -0.39 is 11.5 Å². The maximum absolute atomic E-state index is 10.9. The highest BCUT2D eigenvalue weighted by Gasteiger charge is 2.39. The van der Waals surface area contributed by atoms with Crippen LogP contribution in [0.5, 0.6) is 0 Å². The summed E-state index contributed by atoms with van der Waals surface area (Å²) in [5.74, 6) is -0.913. The molecule has 1 aliphatic rings. The minimum Gasteiger partial charge on any atom is -0.483 e. The van der Waals surface area contributed by atoms with Gasteiger partial charge in [-0.05, 0) is 11.1 Å². The molecular formula is C11H13NO4. The molecule has 1 aromatic rings. The molecule has 16 heavy (non-hydrogen) atoms. The maximum Gasteiger partial charge on any atom is 0.324 e. The Kier molecular flexibility index (Phi) is 3.63. The predicted octanol–water partition coefficient (Wildman–Crippen LogP) is 0.268. The molecule has 0 heterocycles. The number of nitrogens with two attached hydrogens (primary N) is 1. The first-order chi connectivity index (χ1) is 7.53. The highest BCUT2D eigenvalue weighted by Crippen LogP contribution is 2.28. The second kappa shape index (κ2) is 4.76. The summed E-state index contributed by atoms with van der Waals surface area (Å²) in [6.45, 7) is -0.250. The zero-order valence-corrected chi connectivity index (χ0v) is 8.59. The number of benzene rings is 1. The summed E-state index contributed by atoms with van der Waals surface area (Å²) in [7, 11) is 0. The van der Waals surface area contributed by atoms with Gasteiger partial charge in [-0.1, -0.05) is 24.3 Å². The van der Waals surface area contributed by atoms with E-state index in [9.17, 15) is 4.79 Å². The van der Waals surface area contributed by atoms with Crippen molar-refractivity contribution in [1.82, 2.24) is 0 Å². The molecule has 0 unspecified atom stereocenters. The van der Waals surface area contributed by atoms with E-state index in [2.05, 4.69) is 0 Å². The van der Waals surface area contributed by atoms with E-state index in [1.165, 1.54) is 0 Å². The number of aliphatic carboxylic acids is 1. The minimum atomic E-state index is -1.08.